The number of hydrogen-bond donors (Lipinski definition) is 2. The number of benzene rings is 1. The predicted molar refractivity (Wildman–Crippen MR) is 110 cm³/mol. The van der Waals surface area contributed by atoms with E-state index in [1.807, 2.05) is 25.1 Å². The third-order valence-electron chi connectivity index (χ3n) is 5.10. The maximum absolute atomic E-state index is 12.8. The van der Waals surface area contributed by atoms with Gasteiger partial charge in [0.05, 0.1) is 36.5 Å². The van der Waals surface area contributed by atoms with Crippen LogP contribution < -0.4 is 16.4 Å². The fourth-order valence-corrected chi connectivity index (χ4v) is 3.44. The van der Waals surface area contributed by atoms with E-state index in [0.29, 0.717) is 23.6 Å². The zero-order chi connectivity index (χ0) is 20.2. The molecule has 29 heavy (non-hydrogen) atoms. The Bertz CT molecular complexity index is 1100. The number of aromatic nitrogens is 4. The standard InChI is InChI=1S/C20H24N6O3/c1-14(26-19(28)16-5-3-2-4-15(16)13-22-26)17-12-18(27)24-20(23-17)21-6-7-25-8-10-29-11-9-25/h2-5,12-14H,6-11H2,1H3,(H2,21,23,24,27)/t14-/m0/s1. The summed E-state index contributed by atoms with van der Waals surface area (Å²) in [4.78, 5) is 34.5. The summed E-state index contributed by atoms with van der Waals surface area (Å²) in [7, 11) is 0. The zero-order valence-electron chi connectivity index (χ0n) is 16.3. The number of rotatable bonds is 6. The van der Waals surface area contributed by atoms with E-state index in [-0.39, 0.29) is 11.1 Å². The van der Waals surface area contributed by atoms with Gasteiger partial charge in [-0.2, -0.15) is 5.10 Å². The first-order valence-electron chi connectivity index (χ1n) is 9.73. The summed E-state index contributed by atoms with van der Waals surface area (Å²) in [6, 6.07) is 8.23. The van der Waals surface area contributed by atoms with Crippen molar-refractivity contribution in [3.05, 3.63) is 62.9 Å². The van der Waals surface area contributed by atoms with Crippen LogP contribution in [0, 0.1) is 0 Å². The Balaban J connectivity index is 1.53. The van der Waals surface area contributed by atoms with Crippen molar-refractivity contribution in [2.75, 3.05) is 44.7 Å². The molecule has 2 N–H and O–H groups in total. The fraction of sp³-hybridized carbons (Fsp3) is 0.400. The minimum absolute atomic E-state index is 0.209. The van der Waals surface area contributed by atoms with Gasteiger partial charge >= 0.3 is 0 Å². The molecule has 152 valence electrons. The van der Waals surface area contributed by atoms with Crippen molar-refractivity contribution in [2.24, 2.45) is 0 Å². The number of morpholine rings is 1. The molecule has 1 saturated heterocycles. The molecule has 0 radical (unpaired) electrons. The van der Waals surface area contributed by atoms with E-state index in [9.17, 15) is 9.59 Å². The van der Waals surface area contributed by atoms with Gasteiger partial charge in [-0.1, -0.05) is 18.2 Å². The third-order valence-corrected chi connectivity index (χ3v) is 5.10. The molecule has 0 saturated carbocycles. The van der Waals surface area contributed by atoms with E-state index in [1.165, 1.54) is 10.7 Å². The summed E-state index contributed by atoms with van der Waals surface area (Å²) in [5.74, 6) is 0.390. The SMILES string of the molecule is C[C@@H](c1cc(=O)[nH]c(NCCN2CCOCC2)n1)n1ncc2ccccc2c1=O. The van der Waals surface area contributed by atoms with E-state index >= 15 is 0 Å². The lowest BCUT2D eigenvalue weighted by Crippen LogP contribution is -2.39. The van der Waals surface area contributed by atoms with Crippen molar-refractivity contribution in [2.45, 2.75) is 13.0 Å². The Morgan fingerprint density at radius 3 is 2.86 bits per heavy atom. The molecule has 1 aromatic carbocycles. The first-order chi connectivity index (χ1) is 14.1. The van der Waals surface area contributed by atoms with Gasteiger partial charge in [0.1, 0.15) is 0 Å². The Kier molecular flexibility index (Phi) is 5.68. The van der Waals surface area contributed by atoms with Crippen LogP contribution in [-0.2, 0) is 4.74 Å². The van der Waals surface area contributed by atoms with Crippen LogP contribution in [0.3, 0.4) is 0 Å². The van der Waals surface area contributed by atoms with Crippen LogP contribution in [0.1, 0.15) is 18.7 Å². The minimum Gasteiger partial charge on any atom is -0.379 e. The largest absolute Gasteiger partial charge is 0.379 e. The van der Waals surface area contributed by atoms with Gasteiger partial charge in [-0.25, -0.2) is 9.67 Å². The molecule has 1 fully saturated rings. The summed E-state index contributed by atoms with van der Waals surface area (Å²) in [6.45, 7) is 6.58. The van der Waals surface area contributed by atoms with Gasteiger partial charge < -0.3 is 10.1 Å². The van der Waals surface area contributed by atoms with Gasteiger partial charge in [0.2, 0.25) is 5.95 Å². The van der Waals surface area contributed by atoms with E-state index in [4.69, 9.17) is 4.74 Å². The first kappa shape index (κ1) is 19.3. The lowest BCUT2D eigenvalue weighted by molar-refractivity contribution is 0.0398. The van der Waals surface area contributed by atoms with Gasteiger partial charge in [0.25, 0.3) is 11.1 Å². The number of ether oxygens (including phenoxy) is 1. The van der Waals surface area contributed by atoms with Gasteiger partial charge in [0, 0.05) is 37.6 Å². The number of nitrogens with one attached hydrogen (secondary N) is 2. The molecule has 1 aliphatic heterocycles. The average Bonchev–Trinajstić information content (AvgIpc) is 2.74. The van der Waals surface area contributed by atoms with Crippen molar-refractivity contribution in [1.82, 2.24) is 24.6 Å². The molecule has 0 spiro atoms. The van der Waals surface area contributed by atoms with Crippen LogP contribution >= 0.6 is 0 Å². The number of aromatic amines is 1. The van der Waals surface area contributed by atoms with Crippen LogP contribution in [0.4, 0.5) is 5.95 Å². The van der Waals surface area contributed by atoms with Crippen LogP contribution in [0.25, 0.3) is 10.8 Å². The van der Waals surface area contributed by atoms with E-state index < -0.39 is 6.04 Å². The van der Waals surface area contributed by atoms with Gasteiger partial charge in [-0.15, -0.1) is 0 Å². The Morgan fingerprint density at radius 2 is 2.03 bits per heavy atom. The van der Waals surface area contributed by atoms with Crippen molar-refractivity contribution in [3.8, 4) is 0 Å². The van der Waals surface area contributed by atoms with Crippen LogP contribution in [0.5, 0.6) is 0 Å². The number of H-pyrrole nitrogens is 1. The van der Waals surface area contributed by atoms with Crippen LogP contribution in [0.2, 0.25) is 0 Å². The lowest BCUT2D eigenvalue weighted by atomic mass is 10.2. The molecule has 9 nitrogen and oxygen atoms in total. The van der Waals surface area contributed by atoms with Gasteiger partial charge in [0.15, 0.2) is 0 Å². The summed E-state index contributed by atoms with van der Waals surface area (Å²) in [5, 5.41) is 8.81. The second-order valence-electron chi connectivity index (χ2n) is 7.06. The van der Waals surface area contributed by atoms with Crippen molar-refractivity contribution < 1.29 is 4.74 Å². The van der Waals surface area contributed by atoms with Gasteiger partial charge in [-0.05, 0) is 13.0 Å². The topological polar surface area (TPSA) is 105 Å². The molecule has 2 aromatic heterocycles. The van der Waals surface area contributed by atoms with E-state index in [0.717, 1.165) is 38.2 Å². The molecule has 1 atom stereocenters. The van der Waals surface area contributed by atoms with Crippen LogP contribution in [-0.4, -0.2) is 64.0 Å². The summed E-state index contributed by atoms with van der Waals surface area (Å²) < 4.78 is 6.71. The molecular weight excluding hydrogens is 372 g/mol. The smallest absolute Gasteiger partial charge is 0.275 e. The monoisotopic (exact) mass is 396 g/mol. The number of hydrogen-bond acceptors (Lipinski definition) is 7. The number of fused-ring (bicyclic) bond motifs is 1. The maximum Gasteiger partial charge on any atom is 0.275 e. The Hall–Kier alpha value is -3.04. The van der Waals surface area contributed by atoms with E-state index in [2.05, 4.69) is 25.3 Å². The molecule has 3 heterocycles. The minimum atomic E-state index is -0.478. The molecule has 0 amide bonds. The molecule has 1 aliphatic rings. The molecule has 9 heteroatoms. The third kappa shape index (κ3) is 4.36. The molecule has 4 rings (SSSR count). The van der Waals surface area contributed by atoms with Gasteiger partial charge in [-0.3, -0.25) is 19.5 Å². The Morgan fingerprint density at radius 1 is 1.24 bits per heavy atom. The maximum atomic E-state index is 12.8. The van der Waals surface area contributed by atoms with Crippen molar-refractivity contribution in [3.63, 3.8) is 0 Å². The average molecular weight is 396 g/mol. The molecule has 0 unspecified atom stereocenters. The first-order valence-corrected chi connectivity index (χ1v) is 9.73. The van der Waals surface area contributed by atoms with Crippen molar-refractivity contribution >= 4 is 16.7 Å². The highest BCUT2D eigenvalue weighted by Gasteiger charge is 2.16. The molecule has 0 aliphatic carbocycles. The molecule has 3 aromatic rings. The summed E-state index contributed by atoms with van der Waals surface area (Å²) >= 11 is 0. The van der Waals surface area contributed by atoms with Crippen molar-refractivity contribution in [1.29, 1.82) is 0 Å². The lowest BCUT2D eigenvalue weighted by Gasteiger charge is -2.26. The highest BCUT2D eigenvalue weighted by molar-refractivity contribution is 5.80. The highest BCUT2D eigenvalue weighted by atomic mass is 16.5. The molecule has 0 bridgehead atoms. The number of anilines is 1. The quantitative estimate of drug-likeness (QED) is 0.636. The zero-order valence-corrected chi connectivity index (χ0v) is 16.3. The molecular formula is C20H24N6O3. The fourth-order valence-electron chi connectivity index (χ4n) is 3.44. The summed E-state index contributed by atoms with van der Waals surface area (Å²) in [6.07, 6.45) is 1.65. The Labute approximate surface area is 167 Å². The van der Waals surface area contributed by atoms with Crippen LogP contribution in [0.15, 0.2) is 46.1 Å². The highest BCUT2D eigenvalue weighted by Crippen LogP contribution is 2.14. The number of nitrogens with zero attached hydrogens (tertiary/aromatic N) is 4. The normalized spacial score (nSPS) is 16.0. The second kappa shape index (κ2) is 8.54. The predicted octanol–water partition coefficient (Wildman–Crippen LogP) is 0.833. The van der Waals surface area contributed by atoms with E-state index in [1.54, 1.807) is 12.3 Å². The second-order valence-corrected chi connectivity index (χ2v) is 7.06. The summed E-state index contributed by atoms with van der Waals surface area (Å²) in [5.41, 5.74) is -0.00317.